The Kier molecular flexibility index (Phi) is 5.12. The second-order valence-electron chi connectivity index (χ2n) is 7.68. The van der Waals surface area contributed by atoms with Crippen LogP contribution in [0, 0.1) is 12.3 Å². The highest BCUT2D eigenvalue weighted by Crippen LogP contribution is 2.49. The summed E-state index contributed by atoms with van der Waals surface area (Å²) in [5.41, 5.74) is 1.98. The molecule has 1 saturated heterocycles. The first-order chi connectivity index (χ1) is 13.6. The number of para-hydroxylation sites is 1. The summed E-state index contributed by atoms with van der Waals surface area (Å²) in [7, 11) is 0. The standard InChI is InChI=1S/C21H27N3O4/c1-3-27-9-8-24-18(10-15(2)22-24)20(26)23-11-17-16-6-4-5-7-19(16)28-14-21(17,12-23)13-25/h4-7,10,17,25H,3,8-9,11-14H2,1-2H3/t17?,21-/m1/s1. The number of amides is 1. The lowest BCUT2D eigenvalue weighted by atomic mass is 9.74. The molecule has 4 rings (SSSR count). The topological polar surface area (TPSA) is 76.8 Å². The van der Waals surface area contributed by atoms with Crippen molar-refractivity contribution in [3.63, 3.8) is 0 Å². The number of aromatic nitrogens is 2. The number of ether oxygens (including phenoxy) is 2. The zero-order chi connectivity index (χ0) is 19.7. The molecule has 0 aliphatic carbocycles. The molecule has 2 aliphatic heterocycles. The Morgan fingerprint density at radius 1 is 1.43 bits per heavy atom. The molecule has 0 spiro atoms. The van der Waals surface area contributed by atoms with E-state index in [0.717, 1.165) is 17.0 Å². The number of aliphatic hydroxyl groups excluding tert-OH is 1. The number of nitrogens with zero attached hydrogens (tertiary/aromatic N) is 3. The van der Waals surface area contributed by atoms with E-state index in [1.165, 1.54) is 0 Å². The molecule has 2 atom stereocenters. The Morgan fingerprint density at radius 2 is 2.25 bits per heavy atom. The predicted molar refractivity (Wildman–Crippen MR) is 104 cm³/mol. The average Bonchev–Trinajstić information content (AvgIpc) is 3.29. The van der Waals surface area contributed by atoms with E-state index in [-0.39, 0.29) is 18.4 Å². The lowest BCUT2D eigenvalue weighted by Gasteiger charge is -2.37. The predicted octanol–water partition coefficient (Wildman–Crippen LogP) is 1.84. The molecule has 1 N–H and O–H groups in total. The fraction of sp³-hybridized carbons (Fsp3) is 0.524. The van der Waals surface area contributed by atoms with Crippen LogP contribution in [0.15, 0.2) is 30.3 Å². The van der Waals surface area contributed by atoms with Crippen molar-refractivity contribution in [1.29, 1.82) is 0 Å². The van der Waals surface area contributed by atoms with Gasteiger partial charge in [0.1, 0.15) is 11.4 Å². The second kappa shape index (κ2) is 7.56. The number of carbonyl (C=O) groups excluding carboxylic acids is 1. The third-order valence-electron chi connectivity index (χ3n) is 5.83. The highest BCUT2D eigenvalue weighted by atomic mass is 16.5. The highest BCUT2D eigenvalue weighted by Gasteiger charge is 2.52. The molecular formula is C21H27N3O4. The molecule has 150 valence electrons. The monoisotopic (exact) mass is 385 g/mol. The summed E-state index contributed by atoms with van der Waals surface area (Å²) in [6.45, 7) is 6.95. The van der Waals surface area contributed by atoms with Gasteiger partial charge < -0.3 is 19.5 Å². The summed E-state index contributed by atoms with van der Waals surface area (Å²) >= 11 is 0. The second-order valence-corrected chi connectivity index (χ2v) is 7.68. The van der Waals surface area contributed by atoms with Gasteiger partial charge in [0, 0.05) is 25.6 Å². The van der Waals surface area contributed by atoms with Crippen LogP contribution in [-0.4, -0.2) is 65.2 Å². The van der Waals surface area contributed by atoms with E-state index >= 15 is 0 Å². The van der Waals surface area contributed by atoms with Crippen LogP contribution >= 0.6 is 0 Å². The summed E-state index contributed by atoms with van der Waals surface area (Å²) in [4.78, 5) is 15.2. The zero-order valence-electron chi connectivity index (χ0n) is 16.4. The number of carbonyl (C=O) groups is 1. The first-order valence-corrected chi connectivity index (χ1v) is 9.82. The number of likely N-dealkylation sites (tertiary alicyclic amines) is 1. The molecule has 0 radical (unpaired) electrons. The van der Waals surface area contributed by atoms with Gasteiger partial charge in [-0.25, -0.2) is 0 Å². The number of benzene rings is 1. The van der Waals surface area contributed by atoms with E-state index in [4.69, 9.17) is 9.47 Å². The molecule has 28 heavy (non-hydrogen) atoms. The summed E-state index contributed by atoms with van der Waals surface area (Å²) in [6, 6.07) is 9.74. The van der Waals surface area contributed by atoms with Gasteiger partial charge in [-0.2, -0.15) is 5.10 Å². The van der Waals surface area contributed by atoms with Crippen molar-refractivity contribution in [2.24, 2.45) is 5.41 Å². The fourth-order valence-corrected chi connectivity index (χ4v) is 4.37. The molecule has 1 unspecified atom stereocenters. The first kappa shape index (κ1) is 19.0. The molecule has 3 heterocycles. The molecular weight excluding hydrogens is 358 g/mol. The van der Waals surface area contributed by atoms with Crippen LogP contribution < -0.4 is 4.74 Å². The molecule has 1 aromatic carbocycles. The van der Waals surface area contributed by atoms with Gasteiger partial charge in [0.25, 0.3) is 5.91 Å². The normalized spacial score (nSPS) is 23.2. The summed E-state index contributed by atoms with van der Waals surface area (Å²) in [5.74, 6) is 0.854. The van der Waals surface area contributed by atoms with Crippen LogP contribution in [0.25, 0.3) is 0 Å². The number of aryl methyl sites for hydroxylation is 1. The SMILES string of the molecule is CCOCCn1nc(C)cc1C(=O)N1CC2c3ccccc3OC[C@]2(CO)C1. The van der Waals surface area contributed by atoms with Gasteiger partial charge in [-0.1, -0.05) is 18.2 Å². The molecule has 2 aromatic rings. The van der Waals surface area contributed by atoms with E-state index in [2.05, 4.69) is 5.10 Å². The van der Waals surface area contributed by atoms with Crippen molar-refractivity contribution in [3.8, 4) is 5.75 Å². The lowest BCUT2D eigenvalue weighted by Crippen LogP contribution is -2.42. The van der Waals surface area contributed by atoms with Crippen LogP contribution in [0.3, 0.4) is 0 Å². The maximum absolute atomic E-state index is 13.3. The van der Waals surface area contributed by atoms with Crippen LogP contribution in [0.1, 0.15) is 34.6 Å². The third-order valence-corrected chi connectivity index (χ3v) is 5.83. The van der Waals surface area contributed by atoms with Crippen molar-refractivity contribution in [2.75, 3.05) is 39.5 Å². The van der Waals surface area contributed by atoms with Gasteiger partial charge in [0.15, 0.2) is 0 Å². The van der Waals surface area contributed by atoms with Crippen molar-refractivity contribution in [3.05, 3.63) is 47.3 Å². The Morgan fingerprint density at radius 3 is 3.04 bits per heavy atom. The molecule has 1 fully saturated rings. The van der Waals surface area contributed by atoms with Gasteiger partial charge in [-0.05, 0) is 31.5 Å². The fourth-order valence-electron chi connectivity index (χ4n) is 4.37. The summed E-state index contributed by atoms with van der Waals surface area (Å²) in [5, 5.41) is 14.7. The van der Waals surface area contributed by atoms with Crippen LogP contribution in [0.4, 0.5) is 0 Å². The van der Waals surface area contributed by atoms with Gasteiger partial charge in [-0.15, -0.1) is 0 Å². The highest BCUT2D eigenvalue weighted by molar-refractivity contribution is 5.93. The molecule has 2 aliphatic rings. The van der Waals surface area contributed by atoms with E-state index in [9.17, 15) is 9.90 Å². The minimum atomic E-state index is -0.463. The molecule has 0 saturated carbocycles. The van der Waals surface area contributed by atoms with Crippen LogP contribution in [0.2, 0.25) is 0 Å². The Balaban J connectivity index is 1.59. The van der Waals surface area contributed by atoms with Gasteiger partial charge in [0.2, 0.25) is 0 Å². The van der Waals surface area contributed by atoms with E-state index < -0.39 is 5.41 Å². The first-order valence-electron chi connectivity index (χ1n) is 9.82. The number of aliphatic hydroxyl groups is 1. The number of hydrogen-bond acceptors (Lipinski definition) is 5. The van der Waals surface area contributed by atoms with E-state index in [1.807, 2.05) is 49.1 Å². The Labute approximate surface area is 164 Å². The molecule has 7 nitrogen and oxygen atoms in total. The quantitative estimate of drug-likeness (QED) is 0.768. The average molecular weight is 385 g/mol. The molecule has 0 bridgehead atoms. The van der Waals surface area contributed by atoms with Crippen LogP contribution in [-0.2, 0) is 11.3 Å². The van der Waals surface area contributed by atoms with Gasteiger partial charge in [0.05, 0.1) is 37.5 Å². The minimum Gasteiger partial charge on any atom is -0.493 e. The smallest absolute Gasteiger partial charge is 0.272 e. The third kappa shape index (κ3) is 3.18. The molecule has 7 heteroatoms. The Bertz CT molecular complexity index is 865. The molecule has 1 aromatic heterocycles. The van der Waals surface area contributed by atoms with Gasteiger partial charge >= 0.3 is 0 Å². The molecule has 1 amide bonds. The lowest BCUT2D eigenvalue weighted by molar-refractivity contribution is 0.0437. The number of rotatable bonds is 6. The van der Waals surface area contributed by atoms with Gasteiger partial charge in [-0.3, -0.25) is 9.48 Å². The van der Waals surface area contributed by atoms with Crippen molar-refractivity contribution >= 4 is 5.91 Å². The number of hydrogen-bond donors (Lipinski definition) is 1. The van der Waals surface area contributed by atoms with Crippen molar-refractivity contribution in [2.45, 2.75) is 26.3 Å². The summed E-state index contributed by atoms with van der Waals surface area (Å²) < 4.78 is 13.1. The number of fused-ring (bicyclic) bond motifs is 3. The zero-order valence-corrected chi connectivity index (χ0v) is 16.4. The minimum absolute atomic E-state index is 0.0155. The maximum Gasteiger partial charge on any atom is 0.272 e. The summed E-state index contributed by atoms with van der Waals surface area (Å²) in [6.07, 6.45) is 0. The van der Waals surface area contributed by atoms with Crippen LogP contribution in [0.5, 0.6) is 5.75 Å². The van der Waals surface area contributed by atoms with E-state index in [1.54, 1.807) is 4.68 Å². The maximum atomic E-state index is 13.3. The van der Waals surface area contributed by atoms with Crippen molar-refractivity contribution < 1.29 is 19.4 Å². The Hall–Kier alpha value is -2.38. The largest absolute Gasteiger partial charge is 0.493 e. The van der Waals surface area contributed by atoms with E-state index in [0.29, 0.717) is 45.1 Å². The van der Waals surface area contributed by atoms with Crippen molar-refractivity contribution in [1.82, 2.24) is 14.7 Å².